The fourth-order valence-electron chi connectivity index (χ4n) is 1.94. The Morgan fingerprint density at radius 2 is 1.87 bits per heavy atom. The van der Waals surface area contributed by atoms with E-state index in [9.17, 15) is 8.42 Å². The molecule has 1 atom stereocenters. The molecule has 0 spiro atoms. The molecule has 1 aliphatic rings. The van der Waals surface area contributed by atoms with Gasteiger partial charge in [-0.1, -0.05) is 20.8 Å². The summed E-state index contributed by atoms with van der Waals surface area (Å²) in [7, 11) is -3.93. The summed E-state index contributed by atoms with van der Waals surface area (Å²) in [6.45, 7) is 10.6. The maximum absolute atomic E-state index is 10.5. The number of rotatable bonds is 7. The number of nitrogens with zero attached hydrogens (tertiary/aromatic N) is 1. The number of thiophene rings is 1. The van der Waals surface area contributed by atoms with Crippen LogP contribution >= 0.6 is 11.3 Å². The highest BCUT2D eigenvalue weighted by Crippen LogP contribution is 2.34. The first kappa shape index (κ1) is 20.2. The minimum atomic E-state index is -3.93. The van der Waals surface area contributed by atoms with Gasteiger partial charge in [0.25, 0.3) is 10.1 Å². The van der Waals surface area contributed by atoms with Crippen molar-refractivity contribution in [2.45, 2.75) is 27.0 Å². The summed E-state index contributed by atoms with van der Waals surface area (Å²) in [6.07, 6.45) is -0.385. The molecule has 0 fully saturated rings. The van der Waals surface area contributed by atoms with Gasteiger partial charge in [-0.15, -0.1) is 11.3 Å². The van der Waals surface area contributed by atoms with Gasteiger partial charge < -0.3 is 14.4 Å². The van der Waals surface area contributed by atoms with Crippen LogP contribution in [0.5, 0.6) is 11.5 Å². The van der Waals surface area contributed by atoms with Crippen LogP contribution in [0.15, 0.2) is 10.8 Å². The highest BCUT2D eigenvalue weighted by atomic mass is 32.2. The quantitative estimate of drug-likeness (QED) is 0.710. The highest BCUT2D eigenvalue weighted by Gasteiger charge is 2.21. The van der Waals surface area contributed by atoms with Crippen molar-refractivity contribution < 1.29 is 22.4 Å². The molecule has 0 saturated carbocycles. The molecule has 1 unspecified atom stereocenters. The Morgan fingerprint density at radius 1 is 1.26 bits per heavy atom. The normalized spacial score (nSPS) is 16.8. The van der Waals surface area contributed by atoms with Gasteiger partial charge in [-0.2, -0.15) is 8.42 Å². The molecule has 0 saturated heterocycles. The van der Waals surface area contributed by atoms with Gasteiger partial charge in [-0.3, -0.25) is 9.87 Å². The first-order valence-electron chi connectivity index (χ1n) is 7.66. The van der Waals surface area contributed by atoms with Crippen molar-refractivity contribution >= 4 is 21.5 Å². The van der Waals surface area contributed by atoms with Crippen molar-refractivity contribution in [1.29, 1.82) is 0 Å². The van der Waals surface area contributed by atoms with Crippen molar-refractivity contribution in [3.63, 3.8) is 0 Å². The lowest BCUT2D eigenvalue weighted by molar-refractivity contribution is 0.0695. The molecule has 2 N–H and O–H groups in total. The van der Waals surface area contributed by atoms with Crippen LogP contribution in [-0.4, -0.2) is 62.6 Å². The molecule has 1 aliphatic heterocycles. The Labute approximate surface area is 142 Å². The molecule has 2 heterocycles. The summed E-state index contributed by atoms with van der Waals surface area (Å²) >= 11 is 1.47. The molecule has 7 nitrogen and oxygen atoms in total. The van der Waals surface area contributed by atoms with Crippen LogP contribution < -0.4 is 14.8 Å². The summed E-state index contributed by atoms with van der Waals surface area (Å²) in [5.74, 6) is 1.02. The van der Waals surface area contributed by atoms with E-state index in [2.05, 4.69) is 31.0 Å². The maximum Gasteiger partial charge on any atom is 0.266 e. The molecule has 1 aromatic rings. The molecular weight excluding hydrogens is 340 g/mol. The second-order valence-electron chi connectivity index (χ2n) is 4.88. The second kappa shape index (κ2) is 10.1. The van der Waals surface area contributed by atoms with Crippen LogP contribution in [0.1, 0.15) is 20.8 Å². The molecule has 0 bridgehead atoms. The lowest BCUT2D eigenvalue weighted by Gasteiger charge is -2.24. The van der Waals surface area contributed by atoms with Gasteiger partial charge in [0.1, 0.15) is 6.61 Å². The zero-order valence-corrected chi connectivity index (χ0v) is 15.5. The van der Waals surface area contributed by atoms with Crippen molar-refractivity contribution in [2.24, 2.45) is 0 Å². The molecule has 2 rings (SSSR count). The third kappa shape index (κ3) is 7.98. The molecule has 9 heteroatoms. The first-order valence-corrected chi connectivity index (χ1v) is 10.2. The monoisotopic (exact) mass is 366 g/mol. The van der Waals surface area contributed by atoms with E-state index < -0.39 is 10.1 Å². The Morgan fingerprint density at radius 3 is 2.39 bits per heavy atom. The van der Waals surface area contributed by atoms with Gasteiger partial charge in [-0.05, 0) is 19.6 Å². The lowest BCUT2D eigenvalue weighted by Crippen LogP contribution is -2.43. The van der Waals surface area contributed by atoms with Crippen molar-refractivity contribution in [3.05, 3.63) is 10.8 Å². The van der Waals surface area contributed by atoms with E-state index in [1.807, 2.05) is 10.8 Å². The van der Waals surface area contributed by atoms with E-state index in [4.69, 9.17) is 14.0 Å². The fraction of sp³-hybridized carbons (Fsp3) is 0.714. The number of hydrogen-bond acceptors (Lipinski definition) is 7. The Kier molecular flexibility index (Phi) is 8.85. The van der Waals surface area contributed by atoms with E-state index in [0.717, 1.165) is 0 Å². The first-order chi connectivity index (χ1) is 10.9. The van der Waals surface area contributed by atoms with Gasteiger partial charge in [0.15, 0.2) is 17.7 Å². The molecule has 0 aromatic carbocycles. The summed E-state index contributed by atoms with van der Waals surface area (Å²) in [4.78, 5) is 2.38. The molecule has 1 aromatic heterocycles. The van der Waals surface area contributed by atoms with Gasteiger partial charge in [0, 0.05) is 17.3 Å². The summed E-state index contributed by atoms with van der Waals surface area (Å²) in [5.41, 5.74) is 0. The number of nitrogens with one attached hydrogen (secondary N) is 1. The largest absolute Gasteiger partial charge is 0.483 e. The zero-order valence-electron chi connectivity index (χ0n) is 13.8. The summed E-state index contributed by atoms with van der Waals surface area (Å²) < 4.78 is 40.3. The third-order valence-corrected chi connectivity index (χ3v) is 4.75. The van der Waals surface area contributed by atoms with Crippen LogP contribution in [0.25, 0.3) is 0 Å². The Bertz CT molecular complexity index is 538. The van der Waals surface area contributed by atoms with E-state index in [0.29, 0.717) is 18.1 Å². The Balaban J connectivity index is 0.000000322. The molecule has 23 heavy (non-hydrogen) atoms. The topological polar surface area (TPSA) is 88.1 Å². The van der Waals surface area contributed by atoms with E-state index in [1.165, 1.54) is 31.0 Å². The van der Waals surface area contributed by atoms with Gasteiger partial charge in [0.2, 0.25) is 0 Å². The second-order valence-corrected chi connectivity index (χ2v) is 7.19. The van der Waals surface area contributed by atoms with E-state index >= 15 is 0 Å². The molecule has 0 amide bonds. The molecule has 0 radical (unpaired) electrons. The third-order valence-electron chi connectivity index (χ3n) is 3.33. The van der Waals surface area contributed by atoms with Crippen LogP contribution in [0.3, 0.4) is 0 Å². The standard InChI is InChI=1S/C8H11NO5S2.C6H15N/c10-16(11,12)2-1-9-8-3-13-6-4-15-5-7(6)14-8;1-4-7(5-2)6-3/h4-5,8-9H,1-3H2,(H,10,11,12);4-6H2,1-3H3. The molecule has 0 aliphatic carbocycles. The number of ether oxygens (including phenoxy) is 2. The Hall–Kier alpha value is -0.870. The predicted octanol–water partition coefficient (Wildman–Crippen LogP) is 1.67. The van der Waals surface area contributed by atoms with Crippen molar-refractivity contribution in [2.75, 3.05) is 38.5 Å². The number of hydrogen-bond donors (Lipinski definition) is 2. The minimum Gasteiger partial charge on any atom is -0.483 e. The molecule has 134 valence electrons. The SMILES string of the molecule is CCN(CC)CC.O=S(=O)(O)CCNC1COc2cscc2O1. The van der Waals surface area contributed by atoms with Gasteiger partial charge in [0.05, 0.1) is 5.75 Å². The minimum absolute atomic E-state index is 0.117. The van der Waals surface area contributed by atoms with Crippen LogP contribution in [-0.2, 0) is 10.1 Å². The van der Waals surface area contributed by atoms with E-state index in [1.54, 1.807) is 0 Å². The van der Waals surface area contributed by atoms with Crippen LogP contribution in [0.2, 0.25) is 0 Å². The average molecular weight is 367 g/mol. The lowest BCUT2D eigenvalue weighted by atomic mass is 10.4. The summed E-state index contributed by atoms with van der Waals surface area (Å²) in [6, 6.07) is 0. The maximum atomic E-state index is 10.5. The van der Waals surface area contributed by atoms with Gasteiger partial charge in [-0.25, -0.2) is 0 Å². The predicted molar refractivity (Wildman–Crippen MR) is 92.1 cm³/mol. The summed E-state index contributed by atoms with van der Waals surface area (Å²) in [5, 5.41) is 6.48. The zero-order chi connectivity index (χ0) is 17.3. The van der Waals surface area contributed by atoms with Crippen LogP contribution in [0.4, 0.5) is 0 Å². The smallest absolute Gasteiger partial charge is 0.266 e. The number of fused-ring (bicyclic) bond motifs is 1. The highest BCUT2D eigenvalue weighted by molar-refractivity contribution is 7.85. The van der Waals surface area contributed by atoms with E-state index in [-0.39, 0.29) is 18.5 Å². The van der Waals surface area contributed by atoms with Crippen LogP contribution in [0, 0.1) is 0 Å². The van der Waals surface area contributed by atoms with Gasteiger partial charge >= 0.3 is 0 Å². The average Bonchev–Trinajstić information content (AvgIpc) is 2.96. The fourth-order valence-corrected chi connectivity index (χ4v) is 2.98. The van der Waals surface area contributed by atoms with Crippen molar-refractivity contribution in [1.82, 2.24) is 10.2 Å². The molecular formula is C14H26N2O5S2. The van der Waals surface area contributed by atoms with Crippen molar-refractivity contribution in [3.8, 4) is 11.5 Å².